The number of thiazole rings is 1. The van der Waals surface area contributed by atoms with Crippen LogP contribution >= 0.6 is 11.3 Å². The summed E-state index contributed by atoms with van der Waals surface area (Å²) in [6.45, 7) is 4.29. The maximum absolute atomic E-state index is 13.0. The molecule has 2 aliphatic heterocycles. The number of carbonyl (C=O) groups excluding carboxylic acids is 1. The molecule has 5 rings (SSSR count). The van der Waals surface area contributed by atoms with Crippen molar-refractivity contribution < 1.29 is 19.0 Å². The standard InChI is InChI=1S/C26H26N2O4S/c1-18-27-21(17-33-18)16-32-22-5-2-4-19(14-22)7-10-26(29)28-11-3-6-23(28)20-8-9-24-25(15-20)31-13-12-30-24/h2,4-5,7-10,14-15,17,23H,3,6,11-13,16H2,1H3/b10-7+/t23-/m1/s1. The summed E-state index contributed by atoms with van der Waals surface area (Å²) >= 11 is 1.61. The Kier molecular flexibility index (Phi) is 6.30. The predicted octanol–water partition coefficient (Wildman–Crippen LogP) is 5.18. The molecule has 2 aromatic carbocycles. The zero-order valence-corrected chi connectivity index (χ0v) is 19.3. The van der Waals surface area contributed by atoms with E-state index in [1.54, 1.807) is 17.4 Å². The molecule has 0 spiro atoms. The lowest BCUT2D eigenvalue weighted by atomic mass is 10.0. The Morgan fingerprint density at radius 1 is 1.21 bits per heavy atom. The molecule has 3 heterocycles. The van der Waals surface area contributed by atoms with Crippen LogP contribution in [0.15, 0.2) is 53.9 Å². The van der Waals surface area contributed by atoms with Gasteiger partial charge in [0.2, 0.25) is 5.91 Å². The van der Waals surface area contributed by atoms with Crippen LogP contribution in [0.3, 0.4) is 0 Å². The van der Waals surface area contributed by atoms with Gasteiger partial charge < -0.3 is 19.1 Å². The minimum atomic E-state index is 0.0108. The van der Waals surface area contributed by atoms with Gasteiger partial charge in [0.1, 0.15) is 25.6 Å². The van der Waals surface area contributed by atoms with Crippen LogP contribution in [-0.2, 0) is 11.4 Å². The summed E-state index contributed by atoms with van der Waals surface area (Å²) in [5, 5.41) is 3.03. The van der Waals surface area contributed by atoms with Crippen molar-refractivity contribution in [3.05, 3.63) is 75.7 Å². The molecule has 170 valence electrons. The van der Waals surface area contributed by atoms with E-state index < -0.39 is 0 Å². The first-order valence-electron chi connectivity index (χ1n) is 11.2. The average molecular weight is 463 g/mol. The van der Waals surface area contributed by atoms with Gasteiger partial charge in [-0.15, -0.1) is 11.3 Å². The lowest BCUT2D eigenvalue weighted by Crippen LogP contribution is -2.29. The van der Waals surface area contributed by atoms with Crippen molar-refractivity contribution in [3.63, 3.8) is 0 Å². The van der Waals surface area contributed by atoms with E-state index in [9.17, 15) is 4.79 Å². The fourth-order valence-electron chi connectivity index (χ4n) is 4.25. The summed E-state index contributed by atoms with van der Waals surface area (Å²) in [5.74, 6) is 2.30. The number of nitrogens with zero attached hydrogens (tertiary/aromatic N) is 2. The fraction of sp³-hybridized carbons (Fsp3) is 0.308. The molecular weight excluding hydrogens is 436 g/mol. The van der Waals surface area contributed by atoms with E-state index in [4.69, 9.17) is 14.2 Å². The van der Waals surface area contributed by atoms with E-state index in [1.165, 1.54) is 0 Å². The largest absolute Gasteiger partial charge is 0.487 e. The van der Waals surface area contributed by atoms with E-state index >= 15 is 0 Å². The number of carbonyl (C=O) groups is 1. The van der Waals surface area contributed by atoms with Gasteiger partial charge in [-0.25, -0.2) is 4.98 Å². The number of hydrogen-bond donors (Lipinski definition) is 0. The van der Waals surface area contributed by atoms with E-state index in [0.717, 1.165) is 58.5 Å². The smallest absolute Gasteiger partial charge is 0.247 e. The summed E-state index contributed by atoms with van der Waals surface area (Å²) in [7, 11) is 0. The van der Waals surface area contributed by atoms with Gasteiger partial charge in [0, 0.05) is 18.0 Å². The van der Waals surface area contributed by atoms with E-state index in [1.807, 2.05) is 65.7 Å². The zero-order valence-electron chi connectivity index (χ0n) is 18.5. The maximum Gasteiger partial charge on any atom is 0.247 e. The molecule has 0 radical (unpaired) electrons. The molecule has 0 N–H and O–H groups in total. The minimum Gasteiger partial charge on any atom is -0.487 e. The van der Waals surface area contributed by atoms with E-state index in [2.05, 4.69) is 4.98 Å². The minimum absolute atomic E-state index is 0.0108. The molecule has 0 bridgehead atoms. The average Bonchev–Trinajstić information content (AvgIpc) is 3.50. The van der Waals surface area contributed by atoms with Gasteiger partial charge in [-0.1, -0.05) is 18.2 Å². The highest BCUT2D eigenvalue weighted by Crippen LogP contribution is 2.38. The highest BCUT2D eigenvalue weighted by atomic mass is 32.1. The molecule has 1 amide bonds. The molecule has 0 aliphatic carbocycles. The third kappa shape index (κ3) is 5.03. The summed E-state index contributed by atoms with van der Waals surface area (Å²) < 4.78 is 17.2. The van der Waals surface area contributed by atoms with Gasteiger partial charge >= 0.3 is 0 Å². The normalized spacial score (nSPS) is 17.5. The number of aryl methyl sites for hydroxylation is 1. The molecular formula is C26H26N2O4S. The fourth-order valence-corrected chi connectivity index (χ4v) is 4.84. The number of ether oxygens (including phenoxy) is 3. The lowest BCUT2D eigenvalue weighted by molar-refractivity contribution is -0.126. The van der Waals surface area contributed by atoms with Crippen molar-refractivity contribution in [1.29, 1.82) is 0 Å². The van der Waals surface area contributed by atoms with Crippen LogP contribution in [0.25, 0.3) is 6.08 Å². The molecule has 6 nitrogen and oxygen atoms in total. The summed E-state index contributed by atoms with van der Waals surface area (Å²) in [5.41, 5.74) is 2.93. The van der Waals surface area contributed by atoms with E-state index in [-0.39, 0.29) is 11.9 Å². The molecule has 33 heavy (non-hydrogen) atoms. The van der Waals surface area contributed by atoms with Crippen LogP contribution in [0.1, 0.15) is 40.7 Å². The number of benzene rings is 2. The molecule has 1 saturated heterocycles. The van der Waals surface area contributed by atoms with Gasteiger partial charge in [-0.05, 0) is 61.2 Å². The number of amides is 1. The highest BCUT2D eigenvalue weighted by molar-refractivity contribution is 7.09. The first-order valence-corrected chi connectivity index (χ1v) is 12.1. The summed E-state index contributed by atoms with van der Waals surface area (Å²) in [6, 6.07) is 13.8. The monoisotopic (exact) mass is 462 g/mol. The number of fused-ring (bicyclic) bond motifs is 1. The highest BCUT2D eigenvalue weighted by Gasteiger charge is 2.29. The van der Waals surface area contributed by atoms with Crippen molar-refractivity contribution in [2.75, 3.05) is 19.8 Å². The Morgan fingerprint density at radius 2 is 2.09 bits per heavy atom. The van der Waals surface area contributed by atoms with Crippen molar-refractivity contribution in [3.8, 4) is 17.2 Å². The second-order valence-electron chi connectivity index (χ2n) is 8.15. The third-order valence-corrected chi connectivity index (χ3v) is 6.64. The Hall–Kier alpha value is -3.32. The third-order valence-electron chi connectivity index (χ3n) is 5.82. The molecule has 0 saturated carbocycles. The zero-order chi connectivity index (χ0) is 22.6. The summed E-state index contributed by atoms with van der Waals surface area (Å²) in [4.78, 5) is 19.4. The van der Waals surface area contributed by atoms with Crippen molar-refractivity contribution >= 4 is 23.3 Å². The predicted molar refractivity (Wildman–Crippen MR) is 128 cm³/mol. The van der Waals surface area contributed by atoms with Crippen molar-refractivity contribution in [2.45, 2.75) is 32.4 Å². The number of rotatable bonds is 6. The Morgan fingerprint density at radius 3 is 2.94 bits per heavy atom. The van der Waals surface area contributed by atoms with Gasteiger partial charge in [-0.2, -0.15) is 0 Å². The lowest BCUT2D eigenvalue weighted by Gasteiger charge is -2.26. The van der Waals surface area contributed by atoms with Gasteiger partial charge in [0.25, 0.3) is 0 Å². The van der Waals surface area contributed by atoms with E-state index in [0.29, 0.717) is 19.8 Å². The second-order valence-corrected chi connectivity index (χ2v) is 9.21. The van der Waals surface area contributed by atoms with Crippen LogP contribution in [0, 0.1) is 6.92 Å². The van der Waals surface area contributed by atoms with Gasteiger partial charge in [0.15, 0.2) is 11.5 Å². The number of aromatic nitrogens is 1. The van der Waals surface area contributed by atoms with Crippen LogP contribution in [0.2, 0.25) is 0 Å². The Balaban J connectivity index is 1.24. The Labute approximate surface area is 197 Å². The number of likely N-dealkylation sites (tertiary alicyclic amines) is 1. The number of hydrogen-bond acceptors (Lipinski definition) is 6. The van der Waals surface area contributed by atoms with Crippen molar-refractivity contribution in [2.24, 2.45) is 0 Å². The summed E-state index contributed by atoms with van der Waals surface area (Å²) in [6.07, 6.45) is 5.43. The Bertz CT molecular complexity index is 1170. The quantitative estimate of drug-likeness (QED) is 0.473. The first kappa shape index (κ1) is 21.5. The molecule has 1 atom stereocenters. The topological polar surface area (TPSA) is 60.9 Å². The van der Waals surface area contributed by atoms with Crippen LogP contribution < -0.4 is 14.2 Å². The van der Waals surface area contributed by atoms with Crippen molar-refractivity contribution in [1.82, 2.24) is 9.88 Å². The molecule has 1 aromatic heterocycles. The van der Waals surface area contributed by atoms with Crippen LogP contribution in [0.4, 0.5) is 0 Å². The molecule has 3 aromatic rings. The molecule has 0 unspecified atom stereocenters. The first-order chi connectivity index (χ1) is 16.2. The maximum atomic E-state index is 13.0. The second kappa shape index (κ2) is 9.67. The molecule has 2 aliphatic rings. The SMILES string of the molecule is Cc1nc(COc2cccc(/C=C/C(=O)N3CCC[C@@H]3c3ccc4c(c3)OCCO4)c2)cs1. The molecule has 1 fully saturated rings. The molecule has 7 heteroatoms. The van der Waals surface area contributed by atoms with Gasteiger partial charge in [0.05, 0.1) is 16.7 Å². The van der Waals surface area contributed by atoms with Gasteiger partial charge in [-0.3, -0.25) is 4.79 Å². The van der Waals surface area contributed by atoms with Crippen LogP contribution in [0.5, 0.6) is 17.2 Å². The van der Waals surface area contributed by atoms with Crippen LogP contribution in [-0.4, -0.2) is 35.5 Å².